The van der Waals surface area contributed by atoms with Crippen molar-refractivity contribution in [1.29, 1.82) is 0 Å². The Balaban J connectivity index is 2.34. The van der Waals surface area contributed by atoms with Crippen molar-refractivity contribution in [1.82, 2.24) is 9.62 Å². The molecule has 1 N–H and O–H groups in total. The van der Waals surface area contributed by atoms with E-state index in [-0.39, 0.29) is 21.4 Å². The SMILES string of the molecule is CCC(C)(C)NC(=O)c1ccc(Cl)c(S(=O)(=O)N2CCC[C@@H](C)C2)c1. The molecular formula is C18H27ClN2O3S. The Morgan fingerprint density at radius 2 is 2.08 bits per heavy atom. The number of hydrogen-bond acceptors (Lipinski definition) is 3. The minimum atomic E-state index is -3.71. The van der Waals surface area contributed by atoms with Crippen molar-refractivity contribution in [2.75, 3.05) is 13.1 Å². The molecule has 0 saturated carbocycles. The van der Waals surface area contributed by atoms with Crippen LogP contribution in [0.2, 0.25) is 5.02 Å². The van der Waals surface area contributed by atoms with Gasteiger partial charge in [-0.05, 0) is 57.2 Å². The van der Waals surface area contributed by atoms with Crippen molar-refractivity contribution in [3.8, 4) is 0 Å². The molecule has 0 aromatic heterocycles. The van der Waals surface area contributed by atoms with Gasteiger partial charge >= 0.3 is 0 Å². The second-order valence-corrected chi connectivity index (χ2v) is 9.76. The van der Waals surface area contributed by atoms with Crippen molar-refractivity contribution >= 4 is 27.5 Å². The van der Waals surface area contributed by atoms with Crippen LogP contribution in [0.3, 0.4) is 0 Å². The van der Waals surface area contributed by atoms with E-state index in [0.717, 1.165) is 19.3 Å². The molecule has 1 atom stereocenters. The van der Waals surface area contributed by atoms with Gasteiger partial charge in [0, 0.05) is 24.2 Å². The van der Waals surface area contributed by atoms with Crippen LogP contribution in [0.15, 0.2) is 23.1 Å². The lowest BCUT2D eigenvalue weighted by atomic mass is 10.0. The van der Waals surface area contributed by atoms with E-state index in [0.29, 0.717) is 24.6 Å². The zero-order valence-corrected chi connectivity index (χ0v) is 16.9. The number of amides is 1. The van der Waals surface area contributed by atoms with Gasteiger partial charge in [-0.1, -0.05) is 25.4 Å². The fraction of sp³-hybridized carbons (Fsp3) is 0.611. The fourth-order valence-corrected chi connectivity index (χ4v) is 4.91. The van der Waals surface area contributed by atoms with E-state index in [9.17, 15) is 13.2 Å². The van der Waals surface area contributed by atoms with Crippen LogP contribution < -0.4 is 5.32 Å². The quantitative estimate of drug-likeness (QED) is 0.839. The molecule has 0 spiro atoms. The molecule has 0 bridgehead atoms. The molecule has 5 nitrogen and oxygen atoms in total. The Morgan fingerprint density at radius 1 is 1.40 bits per heavy atom. The summed E-state index contributed by atoms with van der Waals surface area (Å²) in [6.07, 6.45) is 2.63. The van der Waals surface area contributed by atoms with E-state index in [4.69, 9.17) is 11.6 Å². The molecule has 0 radical (unpaired) electrons. The van der Waals surface area contributed by atoms with E-state index >= 15 is 0 Å². The number of rotatable bonds is 5. The molecule has 1 heterocycles. The molecule has 1 fully saturated rings. The van der Waals surface area contributed by atoms with Crippen LogP contribution in [0.4, 0.5) is 0 Å². The van der Waals surface area contributed by atoms with Gasteiger partial charge in [0.25, 0.3) is 5.91 Å². The van der Waals surface area contributed by atoms with E-state index in [1.165, 1.54) is 16.4 Å². The van der Waals surface area contributed by atoms with Crippen LogP contribution >= 0.6 is 11.6 Å². The lowest BCUT2D eigenvalue weighted by molar-refractivity contribution is 0.0911. The highest BCUT2D eigenvalue weighted by atomic mass is 35.5. The number of halogens is 1. The van der Waals surface area contributed by atoms with Crippen molar-refractivity contribution in [3.05, 3.63) is 28.8 Å². The van der Waals surface area contributed by atoms with Gasteiger partial charge in [-0.25, -0.2) is 8.42 Å². The maximum atomic E-state index is 13.0. The fourth-order valence-electron chi connectivity index (χ4n) is 2.81. The van der Waals surface area contributed by atoms with Crippen LogP contribution in [-0.4, -0.2) is 37.3 Å². The van der Waals surface area contributed by atoms with E-state index < -0.39 is 10.0 Å². The largest absolute Gasteiger partial charge is 0.347 e. The van der Waals surface area contributed by atoms with Gasteiger partial charge in [-0.3, -0.25) is 4.79 Å². The van der Waals surface area contributed by atoms with Crippen LogP contribution in [-0.2, 0) is 10.0 Å². The number of sulfonamides is 1. The highest BCUT2D eigenvalue weighted by Crippen LogP contribution is 2.29. The van der Waals surface area contributed by atoms with Crippen LogP contribution in [0.25, 0.3) is 0 Å². The summed E-state index contributed by atoms with van der Waals surface area (Å²) >= 11 is 6.16. The maximum absolute atomic E-state index is 13.0. The van der Waals surface area contributed by atoms with Crippen LogP contribution in [0, 0.1) is 5.92 Å². The molecule has 1 aliphatic rings. The third-order valence-corrected chi connectivity index (χ3v) is 7.11. The Kier molecular flexibility index (Phi) is 6.17. The zero-order valence-electron chi connectivity index (χ0n) is 15.3. The standard InChI is InChI=1S/C18H27ClN2O3S/c1-5-18(3,4)20-17(22)14-8-9-15(19)16(11-14)25(23,24)21-10-6-7-13(2)12-21/h8-9,11,13H,5-7,10,12H2,1-4H3,(H,20,22)/t13-/m1/s1. The van der Waals surface area contributed by atoms with Crippen LogP contribution in [0.1, 0.15) is 57.3 Å². The molecule has 1 amide bonds. The lowest BCUT2D eigenvalue weighted by Crippen LogP contribution is -2.43. The molecule has 1 aliphatic heterocycles. The molecule has 1 aromatic rings. The summed E-state index contributed by atoms with van der Waals surface area (Å²) < 4.78 is 27.4. The van der Waals surface area contributed by atoms with Gasteiger partial charge in [-0.15, -0.1) is 0 Å². The highest BCUT2D eigenvalue weighted by molar-refractivity contribution is 7.89. The smallest absolute Gasteiger partial charge is 0.251 e. The molecule has 2 rings (SSSR count). The summed E-state index contributed by atoms with van der Waals surface area (Å²) in [6, 6.07) is 4.43. The topological polar surface area (TPSA) is 66.5 Å². The van der Waals surface area contributed by atoms with Crippen LogP contribution in [0.5, 0.6) is 0 Å². The Hall–Kier alpha value is -1.11. The first-order valence-electron chi connectivity index (χ1n) is 8.69. The average molecular weight is 387 g/mol. The second kappa shape index (κ2) is 7.64. The lowest BCUT2D eigenvalue weighted by Gasteiger charge is -2.30. The van der Waals surface area contributed by atoms with Gasteiger partial charge in [0.2, 0.25) is 10.0 Å². The van der Waals surface area contributed by atoms with Gasteiger partial charge in [0.1, 0.15) is 4.90 Å². The Morgan fingerprint density at radius 3 is 2.68 bits per heavy atom. The molecule has 7 heteroatoms. The van der Waals surface area contributed by atoms with Crippen molar-refractivity contribution in [3.63, 3.8) is 0 Å². The summed E-state index contributed by atoms with van der Waals surface area (Å²) in [6.45, 7) is 8.84. The normalized spacial score (nSPS) is 19.6. The van der Waals surface area contributed by atoms with Gasteiger partial charge in [0.15, 0.2) is 0 Å². The molecule has 0 unspecified atom stereocenters. The molecule has 1 aromatic carbocycles. The highest BCUT2D eigenvalue weighted by Gasteiger charge is 2.31. The molecule has 0 aliphatic carbocycles. The van der Waals surface area contributed by atoms with E-state index in [1.807, 2.05) is 27.7 Å². The minimum Gasteiger partial charge on any atom is -0.347 e. The van der Waals surface area contributed by atoms with Gasteiger partial charge < -0.3 is 5.32 Å². The minimum absolute atomic E-state index is 0.00483. The summed E-state index contributed by atoms with van der Waals surface area (Å²) in [5.41, 5.74) is -0.0625. The van der Waals surface area contributed by atoms with Crippen molar-refractivity contribution in [2.24, 2.45) is 5.92 Å². The number of carbonyl (C=O) groups is 1. The summed E-state index contributed by atoms with van der Waals surface area (Å²) in [4.78, 5) is 12.5. The Bertz CT molecular complexity index is 747. The van der Waals surface area contributed by atoms with E-state index in [2.05, 4.69) is 5.32 Å². The maximum Gasteiger partial charge on any atom is 0.251 e. The number of hydrogen-bond donors (Lipinski definition) is 1. The molecule has 140 valence electrons. The third-order valence-electron chi connectivity index (χ3n) is 4.77. The number of carbonyl (C=O) groups excluding carboxylic acids is 1. The van der Waals surface area contributed by atoms with Gasteiger partial charge in [-0.2, -0.15) is 4.31 Å². The van der Waals surface area contributed by atoms with Crippen molar-refractivity contribution in [2.45, 2.75) is 57.4 Å². The number of nitrogens with zero attached hydrogens (tertiary/aromatic N) is 1. The summed E-state index contributed by atoms with van der Waals surface area (Å²) in [7, 11) is -3.71. The first-order valence-corrected chi connectivity index (χ1v) is 10.5. The zero-order chi connectivity index (χ0) is 18.8. The first kappa shape index (κ1) is 20.2. The third kappa shape index (κ3) is 4.74. The monoisotopic (exact) mass is 386 g/mol. The van der Waals surface area contributed by atoms with Gasteiger partial charge in [0.05, 0.1) is 5.02 Å². The average Bonchev–Trinajstić information content (AvgIpc) is 2.54. The molecule has 25 heavy (non-hydrogen) atoms. The predicted octanol–water partition coefficient (Wildman–Crippen LogP) is 3.68. The number of benzene rings is 1. The van der Waals surface area contributed by atoms with E-state index in [1.54, 1.807) is 6.07 Å². The summed E-state index contributed by atoms with van der Waals surface area (Å²) in [5.74, 6) is 0.0196. The van der Waals surface area contributed by atoms with Crippen molar-refractivity contribution < 1.29 is 13.2 Å². The summed E-state index contributed by atoms with van der Waals surface area (Å²) in [5, 5.41) is 3.06. The number of piperidine rings is 1. The molecule has 1 saturated heterocycles. The molecular weight excluding hydrogens is 360 g/mol. The Labute approximate surface area is 155 Å². The second-order valence-electron chi connectivity index (χ2n) is 7.45. The predicted molar refractivity (Wildman–Crippen MR) is 100 cm³/mol. The first-order chi connectivity index (χ1) is 11.6. The number of nitrogens with one attached hydrogen (secondary N) is 1.